The number of methoxy groups -OCH3 is 2. The molecular formula is C20H29FN2O3. The van der Waals surface area contributed by atoms with Gasteiger partial charge in [0.1, 0.15) is 6.17 Å². The second-order valence-corrected chi connectivity index (χ2v) is 7.45. The quantitative estimate of drug-likeness (QED) is 0.843. The van der Waals surface area contributed by atoms with E-state index in [-0.39, 0.29) is 18.5 Å². The van der Waals surface area contributed by atoms with Crippen molar-refractivity contribution in [3.63, 3.8) is 0 Å². The third-order valence-electron chi connectivity index (χ3n) is 5.69. The Bertz CT molecular complexity index is 635. The average Bonchev–Trinajstić information content (AvgIpc) is 3.49. The summed E-state index contributed by atoms with van der Waals surface area (Å²) in [6.07, 6.45) is 2.88. The Labute approximate surface area is 154 Å². The molecule has 144 valence electrons. The monoisotopic (exact) mass is 364 g/mol. The first-order valence-corrected chi connectivity index (χ1v) is 9.37. The molecule has 1 heterocycles. The molecule has 5 nitrogen and oxygen atoms in total. The summed E-state index contributed by atoms with van der Waals surface area (Å²) in [6, 6.07) is 5.81. The van der Waals surface area contributed by atoms with E-state index < -0.39 is 6.17 Å². The van der Waals surface area contributed by atoms with E-state index in [0.717, 1.165) is 12.2 Å². The van der Waals surface area contributed by atoms with E-state index in [9.17, 15) is 9.18 Å². The fourth-order valence-electron chi connectivity index (χ4n) is 4.23. The number of likely N-dealkylation sites (tertiary alicyclic amines) is 1. The highest BCUT2D eigenvalue weighted by molar-refractivity contribution is 5.74. The maximum absolute atomic E-state index is 14.3. The van der Waals surface area contributed by atoms with Crippen LogP contribution in [0.3, 0.4) is 0 Å². The van der Waals surface area contributed by atoms with Crippen LogP contribution in [0.1, 0.15) is 24.8 Å². The fraction of sp³-hybridized carbons (Fsp3) is 0.650. The molecule has 2 aliphatic rings. The van der Waals surface area contributed by atoms with Crippen LogP contribution in [0.5, 0.6) is 11.5 Å². The zero-order valence-corrected chi connectivity index (χ0v) is 15.8. The molecule has 3 rings (SSSR count). The number of halogens is 1. The van der Waals surface area contributed by atoms with Crippen molar-refractivity contribution in [3.8, 4) is 11.5 Å². The van der Waals surface area contributed by atoms with Crippen molar-refractivity contribution in [1.29, 1.82) is 0 Å². The number of rotatable bonds is 6. The highest BCUT2D eigenvalue weighted by atomic mass is 19.1. The molecule has 1 saturated carbocycles. The van der Waals surface area contributed by atoms with Crippen molar-refractivity contribution in [2.24, 2.45) is 17.8 Å². The van der Waals surface area contributed by atoms with E-state index in [0.29, 0.717) is 30.6 Å². The van der Waals surface area contributed by atoms with Crippen molar-refractivity contribution in [1.82, 2.24) is 10.2 Å². The zero-order chi connectivity index (χ0) is 18.7. The standard InChI is InChI=1S/C20H29FN2O3/c1-22-20(24)23-11-15(10-16(21)12-23)17(14-5-6-14)8-13-4-7-18(25-2)19(9-13)26-3/h4,7,9,14-17H,5-6,8,10-12H2,1-3H3,(H,22,24)/t15-,16+,17?/m1/s1. The van der Waals surface area contributed by atoms with Crippen LogP contribution in [0.4, 0.5) is 9.18 Å². The Kier molecular flexibility index (Phi) is 5.89. The molecule has 0 radical (unpaired) electrons. The lowest BCUT2D eigenvalue weighted by Crippen LogP contribution is -2.50. The number of hydrogen-bond acceptors (Lipinski definition) is 3. The number of piperidine rings is 1. The third-order valence-corrected chi connectivity index (χ3v) is 5.69. The first-order valence-electron chi connectivity index (χ1n) is 9.37. The lowest BCUT2D eigenvalue weighted by molar-refractivity contribution is 0.0803. The summed E-state index contributed by atoms with van der Waals surface area (Å²) >= 11 is 0. The van der Waals surface area contributed by atoms with E-state index in [1.54, 1.807) is 26.2 Å². The number of carbonyl (C=O) groups excluding carboxylic acids is 1. The number of nitrogens with zero attached hydrogens (tertiary/aromatic N) is 1. The summed E-state index contributed by atoms with van der Waals surface area (Å²) in [5, 5.41) is 2.63. The molecule has 1 aromatic carbocycles. The van der Waals surface area contributed by atoms with Crippen LogP contribution in [0, 0.1) is 17.8 Å². The van der Waals surface area contributed by atoms with Gasteiger partial charge in [0.15, 0.2) is 11.5 Å². The van der Waals surface area contributed by atoms with Gasteiger partial charge < -0.3 is 19.7 Å². The molecule has 3 atom stereocenters. The van der Waals surface area contributed by atoms with Gasteiger partial charge in [0.05, 0.1) is 20.8 Å². The molecule has 26 heavy (non-hydrogen) atoms. The van der Waals surface area contributed by atoms with Crippen LogP contribution in [-0.4, -0.2) is 51.5 Å². The summed E-state index contributed by atoms with van der Waals surface area (Å²) in [4.78, 5) is 13.6. The summed E-state index contributed by atoms with van der Waals surface area (Å²) in [5.74, 6) is 2.64. The van der Waals surface area contributed by atoms with Crippen LogP contribution >= 0.6 is 0 Å². The summed E-state index contributed by atoms with van der Waals surface area (Å²) in [6.45, 7) is 0.832. The van der Waals surface area contributed by atoms with E-state index in [1.807, 2.05) is 12.1 Å². The molecule has 0 spiro atoms. The number of amides is 2. The molecule has 2 fully saturated rings. The lowest BCUT2D eigenvalue weighted by Gasteiger charge is -2.38. The first kappa shape index (κ1) is 18.8. The second kappa shape index (κ2) is 8.14. The third kappa shape index (κ3) is 4.22. The smallest absolute Gasteiger partial charge is 0.317 e. The minimum atomic E-state index is -0.947. The van der Waals surface area contributed by atoms with Gasteiger partial charge in [-0.2, -0.15) is 0 Å². The minimum Gasteiger partial charge on any atom is -0.493 e. The highest BCUT2D eigenvalue weighted by Crippen LogP contribution is 2.45. The molecule has 2 amide bonds. The molecule has 1 saturated heterocycles. The topological polar surface area (TPSA) is 50.8 Å². The molecule has 1 N–H and O–H groups in total. The van der Waals surface area contributed by atoms with Crippen molar-refractivity contribution < 1.29 is 18.7 Å². The van der Waals surface area contributed by atoms with Crippen molar-refractivity contribution in [3.05, 3.63) is 23.8 Å². The molecule has 1 aliphatic heterocycles. The summed E-state index contributed by atoms with van der Waals surface area (Å²) < 4.78 is 25.1. The largest absolute Gasteiger partial charge is 0.493 e. The maximum Gasteiger partial charge on any atom is 0.317 e. The number of alkyl halides is 1. The van der Waals surface area contributed by atoms with Gasteiger partial charge in [-0.1, -0.05) is 6.07 Å². The molecular weight excluding hydrogens is 335 g/mol. The summed E-state index contributed by atoms with van der Waals surface area (Å²) in [5.41, 5.74) is 1.17. The number of ether oxygens (including phenoxy) is 2. The number of nitrogens with one attached hydrogen (secondary N) is 1. The van der Waals surface area contributed by atoms with Crippen LogP contribution in [-0.2, 0) is 6.42 Å². The number of benzene rings is 1. The zero-order valence-electron chi connectivity index (χ0n) is 15.8. The van der Waals surface area contributed by atoms with Gasteiger partial charge in [-0.25, -0.2) is 9.18 Å². The fourth-order valence-corrected chi connectivity index (χ4v) is 4.23. The van der Waals surface area contributed by atoms with Gasteiger partial charge in [0, 0.05) is 13.6 Å². The van der Waals surface area contributed by atoms with E-state index in [4.69, 9.17) is 9.47 Å². The number of carbonyl (C=O) groups is 1. The molecule has 1 aromatic rings. The normalized spacial score (nSPS) is 24.1. The maximum atomic E-state index is 14.3. The number of hydrogen-bond donors (Lipinski definition) is 1. The predicted octanol–water partition coefficient (Wildman–Crippen LogP) is 3.27. The number of urea groups is 1. The minimum absolute atomic E-state index is 0.182. The Balaban J connectivity index is 1.76. The molecule has 1 aliphatic carbocycles. The molecule has 0 aromatic heterocycles. The van der Waals surface area contributed by atoms with Crippen LogP contribution < -0.4 is 14.8 Å². The van der Waals surface area contributed by atoms with Gasteiger partial charge in [-0.15, -0.1) is 0 Å². The average molecular weight is 364 g/mol. The molecule has 6 heteroatoms. The van der Waals surface area contributed by atoms with Gasteiger partial charge in [-0.05, 0) is 61.1 Å². The Hall–Kier alpha value is -1.98. The van der Waals surface area contributed by atoms with Crippen LogP contribution in [0.25, 0.3) is 0 Å². The first-order chi connectivity index (χ1) is 12.5. The van der Waals surface area contributed by atoms with E-state index in [1.165, 1.54) is 18.4 Å². The van der Waals surface area contributed by atoms with Gasteiger partial charge in [0.2, 0.25) is 0 Å². The lowest BCUT2D eigenvalue weighted by atomic mass is 9.78. The van der Waals surface area contributed by atoms with Crippen molar-refractivity contribution in [2.45, 2.75) is 31.9 Å². The van der Waals surface area contributed by atoms with E-state index >= 15 is 0 Å². The Morgan fingerprint density at radius 3 is 2.58 bits per heavy atom. The van der Waals surface area contributed by atoms with E-state index in [2.05, 4.69) is 11.4 Å². The van der Waals surface area contributed by atoms with Crippen molar-refractivity contribution >= 4 is 6.03 Å². The van der Waals surface area contributed by atoms with Gasteiger partial charge >= 0.3 is 6.03 Å². The van der Waals surface area contributed by atoms with Gasteiger partial charge in [-0.3, -0.25) is 0 Å². The predicted molar refractivity (Wildman–Crippen MR) is 98.5 cm³/mol. The molecule has 1 unspecified atom stereocenters. The van der Waals surface area contributed by atoms with Gasteiger partial charge in [0.25, 0.3) is 0 Å². The van der Waals surface area contributed by atoms with Crippen molar-refractivity contribution in [2.75, 3.05) is 34.4 Å². The second-order valence-electron chi connectivity index (χ2n) is 7.45. The Morgan fingerprint density at radius 1 is 1.23 bits per heavy atom. The van der Waals surface area contributed by atoms with Crippen LogP contribution in [0.15, 0.2) is 18.2 Å². The SMILES string of the molecule is CNC(=O)N1C[C@@H](F)C[C@@H](C(Cc2ccc(OC)c(OC)c2)C2CC2)C1. The Morgan fingerprint density at radius 2 is 1.96 bits per heavy atom. The molecule has 0 bridgehead atoms. The highest BCUT2D eigenvalue weighted by Gasteiger charge is 2.41. The summed E-state index contributed by atoms with van der Waals surface area (Å²) in [7, 11) is 4.86. The van der Waals surface area contributed by atoms with Crippen LogP contribution in [0.2, 0.25) is 0 Å².